The van der Waals surface area contributed by atoms with Crippen molar-refractivity contribution < 1.29 is 4.79 Å². The number of hydrogen-bond donors (Lipinski definition) is 0. The van der Waals surface area contributed by atoms with Gasteiger partial charge in [-0.25, -0.2) is 4.98 Å². The van der Waals surface area contributed by atoms with Gasteiger partial charge < -0.3 is 4.90 Å². The maximum atomic E-state index is 13.4. The molecule has 7 nitrogen and oxygen atoms in total. The fraction of sp³-hybridized carbons (Fsp3) is 0.273. The molecule has 1 aromatic carbocycles. The van der Waals surface area contributed by atoms with Gasteiger partial charge in [0.15, 0.2) is 0 Å². The van der Waals surface area contributed by atoms with Crippen molar-refractivity contribution in [2.75, 3.05) is 7.05 Å². The molecule has 0 fully saturated rings. The molecule has 4 rings (SSSR count). The molecule has 0 radical (unpaired) electrons. The smallest absolute Gasteiger partial charge is 0.254 e. The number of fused-ring (bicyclic) bond motifs is 1. The highest BCUT2D eigenvalue weighted by Crippen LogP contribution is 2.27. The average molecular weight is 388 g/mol. The van der Waals surface area contributed by atoms with Crippen LogP contribution in [0.25, 0.3) is 22.2 Å². The molecule has 0 unspecified atom stereocenters. The van der Waals surface area contributed by atoms with Gasteiger partial charge in [-0.3, -0.25) is 14.2 Å². The van der Waals surface area contributed by atoms with Crippen molar-refractivity contribution in [1.82, 2.24) is 29.4 Å². The van der Waals surface area contributed by atoms with Crippen LogP contribution in [-0.2, 0) is 20.6 Å². The fourth-order valence-corrected chi connectivity index (χ4v) is 3.47. The van der Waals surface area contributed by atoms with E-state index in [2.05, 4.69) is 10.2 Å². The number of para-hydroxylation sites is 1. The predicted molar refractivity (Wildman–Crippen MR) is 112 cm³/mol. The summed E-state index contributed by atoms with van der Waals surface area (Å²) in [5, 5.41) is 9.44. The van der Waals surface area contributed by atoms with Crippen LogP contribution >= 0.6 is 0 Å². The summed E-state index contributed by atoms with van der Waals surface area (Å²) in [7, 11) is 5.62. The molecule has 0 saturated heterocycles. The van der Waals surface area contributed by atoms with Crippen molar-refractivity contribution in [3.63, 3.8) is 0 Å². The van der Waals surface area contributed by atoms with Crippen LogP contribution in [0.3, 0.4) is 0 Å². The summed E-state index contributed by atoms with van der Waals surface area (Å²) in [6.07, 6.45) is 3.61. The summed E-state index contributed by atoms with van der Waals surface area (Å²) in [4.78, 5) is 19.9. The second-order valence-corrected chi connectivity index (χ2v) is 7.38. The van der Waals surface area contributed by atoms with Gasteiger partial charge >= 0.3 is 0 Å². The Morgan fingerprint density at radius 3 is 2.38 bits per heavy atom. The van der Waals surface area contributed by atoms with Crippen LogP contribution in [0.5, 0.6) is 0 Å². The average Bonchev–Trinajstić information content (AvgIpc) is 3.22. The lowest BCUT2D eigenvalue weighted by Gasteiger charge is -2.19. The maximum Gasteiger partial charge on any atom is 0.254 e. The first-order chi connectivity index (χ1) is 13.9. The highest BCUT2D eigenvalue weighted by atomic mass is 16.2. The van der Waals surface area contributed by atoms with Crippen molar-refractivity contribution in [1.29, 1.82) is 0 Å². The lowest BCUT2D eigenvalue weighted by atomic mass is 10.0. The minimum absolute atomic E-state index is 0.0466. The molecule has 0 atom stereocenters. The first-order valence-electron chi connectivity index (χ1n) is 9.48. The Bertz CT molecular complexity index is 1220. The summed E-state index contributed by atoms with van der Waals surface area (Å²) in [6, 6.07) is 9.62. The van der Waals surface area contributed by atoms with Crippen LogP contribution in [0.2, 0.25) is 0 Å². The van der Waals surface area contributed by atoms with E-state index in [9.17, 15) is 4.79 Å². The molecule has 4 aromatic rings. The topological polar surface area (TPSA) is 68.8 Å². The molecule has 1 amide bonds. The first-order valence-corrected chi connectivity index (χ1v) is 9.48. The zero-order valence-corrected chi connectivity index (χ0v) is 17.3. The Kier molecular flexibility index (Phi) is 4.66. The van der Waals surface area contributed by atoms with Gasteiger partial charge in [0.05, 0.1) is 29.2 Å². The van der Waals surface area contributed by atoms with Crippen LogP contribution in [0.15, 0.2) is 42.7 Å². The number of aromatic nitrogens is 5. The van der Waals surface area contributed by atoms with Gasteiger partial charge in [-0.05, 0) is 26.0 Å². The molecular formula is C22H24N6O. The Hall–Kier alpha value is -3.48. The largest absolute Gasteiger partial charge is 0.337 e. The van der Waals surface area contributed by atoms with Gasteiger partial charge in [-0.2, -0.15) is 10.2 Å². The van der Waals surface area contributed by atoms with E-state index in [4.69, 9.17) is 4.98 Å². The highest BCUT2D eigenvalue weighted by molar-refractivity contribution is 6.07. The van der Waals surface area contributed by atoms with Crippen molar-refractivity contribution in [3.8, 4) is 11.3 Å². The number of benzene rings is 1. The molecule has 0 aliphatic carbocycles. The molecular weight excluding hydrogens is 364 g/mol. The number of rotatable bonds is 4. The molecule has 7 heteroatoms. The normalized spacial score (nSPS) is 11.2. The highest BCUT2D eigenvalue weighted by Gasteiger charge is 2.20. The van der Waals surface area contributed by atoms with Crippen molar-refractivity contribution in [3.05, 3.63) is 65.2 Å². The number of carbonyl (C=O) groups excluding carboxylic acids is 1. The third kappa shape index (κ3) is 3.29. The van der Waals surface area contributed by atoms with Crippen LogP contribution in [0.4, 0.5) is 0 Å². The fourth-order valence-electron chi connectivity index (χ4n) is 3.47. The molecule has 0 bridgehead atoms. The molecule has 0 N–H and O–H groups in total. The Morgan fingerprint density at radius 1 is 1.03 bits per heavy atom. The van der Waals surface area contributed by atoms with Crippen LogP contribution in [0, 0.1) is 13.8 Å². The molecule has 0 spiro atoms. The minimum atomic E-state index is -0.0466. The van der Waals surface area contributed by atoms with E-state index >= 15 is 0 Å². The number of nitrogens with zero attached hydrogens (tertiary/aromatic N) is 6. The van der Waals surface area contributed by atoms with E-state index in [1.807, 2.05) is 80.9 Å². The maximum absolute atomic E-state index is 13.4. The van der Waals surface area contributed by atoms with Gasteiger partial charge in [0.1, 0.15) is 0 Å². The summed E-state index contributed by atoms with van der Waals surface area (Å²) >= 11 is 0. The quantitative estimate of drug-likeness (QED) is 0.538. The van der Waals surface area contributed by atoms with Gasteiger partial charge in [-0.1, -0.05) is 18.2 Å². The Labute approximate surface area is 169 Å². The zero-order valence-electron chi connectivity index (χ0n) is 17.3. The number of pyridine rings is 1. The molecule has 0 saturated carbocycles. The summed E-state index contributed by atoms with van der Waals surface area (Å²) in [5.41, 5.74) is 6.20. The minimum Gasteiger partial charge on any atom is -0.337 e. The van der Waals surface area contributed by atoms with E-state index in [1.165, 1.54) is 0 Å². The second-order valence-electron chi connectivity index (χ2n) is 7.38. The Morgan fingerprint density at radius 2 is 1.72 bits per heavy atom. The molecule has 148 valence electrons. The molecule has 29 heavy (non-hydrogen) atoms. The lowest BCUT2D eigenvalue weighted by molar-refractivity contribution is 0.0787. The van der Waals surface area contributed by atoms with E-state index in [-0.39, 0.29) is 5.91 Å². The summed E-state index contributed by atoms with van der Waals surface area (Å²) in [5.74, 6) is -0.0466. The summed E-state index contributed by atoms with van der Waals surface area (Å²) in [6.45, 7) is 4.50. The van der Waals surface area contributed by atoms with E-state index in [1.54, 1.807) is 11.1 Å². The third-order valence-corrected chi connectivity index (χ3v) is 5.55. The van der Waals surface area contributed by atoms with Crippen molar-refractivity contribution in [2.45, 2.75) is 20.4 Å². The summed E-state index contributed by atoms with van der Waals surface area (Å²) < 4.78 is 3.63. The van der Waals surface area contributed by atoms with Gasteiger partial charge in [0.25, 0.3) is 5.91 Å². The first kappa shape index (κ1) is 18.9. The monoisotopic (exact) mass is 388 g/mol. The second kappa shape index (κ2) is 7.16. The van der Waals surface area contributed by atoms with E-state index < -0.39 is 0 Å². The number of aryl methyl sites for hydroxylation is 2. The molecule has 3 heterocycles. The van der Waals surface area contributed by atoms with Gasteiger partial charge in [-0.15, -0.1) is 0 Å². The van der Waals surface area contributed by atoms with Gasteiger partial charge in [0, 0.05) is 55.6 Å². The predicted octanol–water partition coefficient (Wildman–Crippen LogP) is 3.26. The number of hydrogen-bond acceptors (Lipinski definition) is 4. The standard InChI is InChI=1S/C22H24N6O/c1-14-16(11-23-27(14)4)13-26(3)22(29)18-10-21(19-12-24-28(5)15(19)2)25-20-9-7-6-8-17(18)20/h6-12H,13H2,1-5H3. The lowest BCUT2D eigenvalue weighted by Crippen LogP contribution is -2.26. The van der Waals surface area contributed by atoms with E-state index in [0.717, 1.165) is 39.1 Å². The van der Waals surface area contributed by atoms with Crippen LogP contribution in [0.1, 0.15) is 27.3 Å². The van der Waals surface area contributed by atoms with Crippen LogP contribution < -0.4 is 0 Å². The zero-order chi connectivity index (χ0) is 20.7. The van der Waals surface area contributed by atoms with Crippen molar-refractivity contribution in [2.24, 2.45) is 14.1 Å². The molecule has 0 aliphatic heterocycles. The third-order valence-electron chi connectivity index (χ3n) is 5.55. The Balaban J connectivity index is 1.78. The van der Waals surface area contributed by atoms with Crippen LogP contribution in [-0.4, -0.2) is 42.4 Å². The van der Waals surface area contributed by atoms with Crippen molar-refractivity contribution >= 4 is 16.8 Å². The molecule has 3 aromatic heterocycles. The van der Waals surface area contributed by atoms with Gasteiger partial charge in [0.2, 0.25) is 0 Å². The SMILES string of the molecule is Cc1c(CN(C)C(=O)c2cc(-c3cnn(C)c3C)nc3ccccc23)cnn1C. The molecule has 0 aliphatic rings. The number of carbonyl (C=O) groups is 1. The number of amides is 1. The van der Waals surface area contributed by atoms with E-state index in [0.29, 0.717) is 12.1 Å².